The maximum atomic E-state index is 12.1. The predicted octanol–water partition coefficient (Wildman–Crippen LogP) is 3.82. The number of rotatable bonds is 7. The zero-order chi connectivity index (χ0) is 17.4. The van der Waals surface area contributed by atoms with Crippen LogP contribution in [0.1, 0.15) is 52.7 Å². The number of esters is 2. The van der Waals surface area contributed by atoms with Gasteiger partial charge in [0.25, 0.3) is 0 Å². The van der Waals surface area contributed by atoms with E-state index < -0.39 is 11.9 Å². The Kier molecular flexibility index (Phi) is 6.49. The van der Waals surface area contributed by atoms with Crippen molar-refractivity contribution in [2.45, 2.75) is 32.6 Å². The summed E-state index contributed by atoms with van der Waals surface area (Å²) >= 11 is 0. The number of nitrogens with zero attached hydrogens (tertiary/aromatic N) is 1. The first-order chi connectivity index (χ1) is 11.6. The molecule has 0 amide bonds. The molecule has 0 N–H and O–H groups in total. The van der Waals surface area contributed by atoms with E-state index in [1.54, 1.807) is 18.2 Å². The molecule has 1 aromatic heterocycles. The molecule has 0 aliphatic carbocycles. The van der Waals surface area contributed by atoms with Crippen LogP contribution in [0, 0.1) is 0 Å². The molecule has 0 unspecified atom stereocenters. The van der Waals surface area contributed by atoms with Crippen molar-refractivity contribution in [2.75, 3.05) is 7.11 Å². The van der Waals surface area contributed by atoms with Gasteiger partial charge >= 0.3 is 11.9 Å². The first-order valence-corrected chi connectivity index (χ1v) is 8.00. The minimum absolute atomic E-state index is 0.0601. The van der Waals surface area contributed by atoms with Gasteiger partial charge in [-0.25, -0.2) is 14.6 Å². The SMILES string of the molecule is CCCCCc1ccc(OC(=O)c2cccc(C(=O)OC)n2)cc1. The third-order valence-electron chi connectivity index (χ3n) is 3.56. The molecule has 0 radical (unpaired) electrons. The molecule has 0 spiro atoms. The van der Waals surface area contributed by atoms with Crippen molar-refractivity contribution < 1.29 is 19.1 Å². The first-order valence-electron chi connectivity index (χ1n) is 8.00. The summed E-state index contributed by atoms with van der Waals surface area (Å²) in [5.74, 6) is -0.759. The number of aromatic nitrogens is 1. The average Bonchev–Trinajstić information content (AvgIpc) is 2.62. The third kappa shape index (κ3) is 4.91. The topological polar surface area (TPSA) is 65.5 Å². The molecule has 1 aromatic carbocycles. The monoisotopic (exact) mass is 327 g/mol. The van der Waals surface area contributed by atoms with Gasteiger partial charge in [-0.3, -0.25) is 0 Å². The van der Waals surface area contributed by atoms with Gasteiger partial charge in [0, 0.05) is 0 Å². The number of unbranched alkanes of at least 4 members (excludes halogenated alkanes) is 2. The van der Waals surface area contributed by atoms with Gasteiger partial charge in [-0.2, -0.15) is 0 Å². The lowest BCUT2D eigenvalue weighted by atomic mass is 10.1. The third-order valence-corrected chi connectivity index (χ3v) is 3.56. The number of carbonyl (C=O) groups is 2. The fourth-order valence-corrected chi connectivity index (χ4v) is 2.23. The summed E-state index contributed by atoms with van der Waals surface area (Å²) in [5.41, 5.74) is 1.34. The van der Waals surface area contributed by atoms with Gasteiger partial charge in [-0.1, -0.05) is 38.0 Å². The number of aryl methyl sites for hydroxylation is 1. The summed E-state index contributed by atoms with van der Waals surface area (Å²) in [6.07, 6.45) is 4.57. The molecule has 2 rings (SSSR count). The predicted molar refractivity (Wildman–Crippen MR) is 90.2 cm³/mol. The van der Waals surface area contributed by atoms with Crippen molar-refractivity contribution in [3.63, 3.8) is 0 Å². The summed E-state index contributed by atoms with van der Waals surface area (Å²) in [5, 5.41) is 0. The van der Waals surface area contributed by atoms with Crippen LogP contribution in [0.25, 0.3) is 0 Å². The Hall–Kier alpha value is -2.69. The summed E-state index contributed by atoms with van der Waals surface area (Å²) in [7, 11) is 1.26. The molecule has 2 aromatic rings. The highest BCUT2D eigenvalue weighted by atomic mass is 16.5. The molecule has 0 fully saturated rings. The van der Waals surface area contributed by atoms with E-state index in [2.05, 4.69) is 16.6 Å². The number of hydrogen-bond acceptors (Lipinski definition) is 5. The van der Waals surface area contributed by atoms with Crippen LogP contribution in [-0.4, -0.2) is 24.0 Å². The standard InChI is InChI=1S/C19H21NO4/c1-3-4-5-7-14-10-12-15(13-11-14)24-19(22)17-9-6-8-16(20-17)18(21)23-2/h6,8-13H,3-5,7H2,1-2H3. The number of ether oxygens (including phenoxy) is 2. The van der Waals surface area contributed by atoms with E-state index in [-0.39, 0.29) is 11.4 Å². The van der Waals surface area contributed by atoms with Crippen LogP contribution in [0.5, 0.6) is 5.75 Å². The number of hydrogen-bond donors (Lipinski definition) is 0. The number of carbonyl (C=O) groups excluding carboxylic acids is 2. The number of methoxy groups -OCH3 is 1. The minimum Gasteiger partial charge on any atom is -0.464 e. The molecule has 0 aliphatic heterocycles. The van der Waals surface area contributed by atoms with E-state index in [4.69, 9.17) is 4.74 Å². The van der Waals surface area contributed by atoms with Crippen LogP contribution in [0.15, 0.2) is 42.5 Å². The van der Waals surface area contributed by atoms with Gasteiger partial charge in [0.1, 0.15) is 17.1 Å². The Balaban J connectivity index is 2.00. The lowest BCUT2D eigenvalue weighted by molar-refractivity contribution is 0.0593. The van der Waals surface area contributed by atoms with Crippen LogP contribution in [0.3, 0.4) is 0 Å². The second-order valence-corrected chi connectivity index (χ2v) is 5.39. The van der Waals surface area contributed by atoms with E-state index in [0.29, 0.717) is 5.75 Å². The zero-order valence-corrected chi connectivity index (χ0v) is 14.0. The Bertz CT molecular complexity index is 695. The second kappa shape index (κ2) is 8.82. The Morgan fingerprint density at radius 1 is 0.958 bits per heavy atom. The Morgan fingerprint density at radius 3 is 2.25 bits per heavy atom. The Morgan fingerprint density at radius 2 is 1.62 bits per heavy atom. The van der Waals surface area contributed by atoms with Crippen molar-refractivity contribution >= 4 is 11.9 Å². The van der Waals surface area contributed by atoms with Crippen LogP contribution >= 0.6 is 0 Å². The highest BCUT2D eigenvalue weighted by Crippen LogP contribution is 2.16. The van der Waals surface area contributed by atoms with E-state index in [1.165, 1.54) is 37.6 Å². The van der Waals surface area contributed by atoms with E-state index in [0.717, 1.165) is 12.8 Å². The van der Waals surface area contributed by atoms with Gasteiger partial charge < -0.3 is 9.47 Å². The summed E-state index contributed by atoms with van der Waals surface area (Å²) < 4.78 is 9.89. The van der Waals surface area contributed by atoms with Crippen molar-refractivity contribution in [1.82, 2.24) is 4.98 Å². The molecular formula is C19H21NO4. The quantitative estimate of drug-likeness (QED) is 0.439. The molecule has 0 bridgehead atoms. The van der Waals surface area contributed by atoms with Crippen molar-refractivity contribution in [3.05, 3.63) is 59.4 Å². The molecule has 0 saturated carbocycles. The first kappa shape index (κ1) is 17.7. The van der Waals surface area contributed by atoms with Crippen molar-refractivity contribution in [2.24, 2.45) is 0 Å². The van der Waals surface area contributed by atoms with Gasteiger partial charge in [0.2, 0.25) is 0 Å². The molecule has 0 atom stereocenters. The summed E-state index contributed by atoms with van der Waals surface area (Å²) in [6.45, 7) is 2.17. The normalized spacial score (nSPS) is 10.2. The second-order valence-electron chi connectivity index (χ2n) is 5.39. The summed E-state index contributed by atoms with van der Waals surface area (Å²) in [4.78, 5) is 27.5. The van der Waals surface area contributed by atoms with Gasteiger partial charge in [0.15, 0.2) is 0 Å². The van der Waals surface area contributed by atoms with Gasteiger partial charge in [0.05, 0.1) is 7.11 Å². The molecule has 1 heterocycles. The van der Waals surface area contributed by atoms with Crippen LogP contribution in [-0.2, 0) is 11.2 Å². The van der Waals surface area contributed by atoms with Gasteiger partial charge in [-0.05, 0) is 42.7 Å². The molecule has 0 saturated heterocycles. The van der Waals surface area contributed by atoms with Crippen LogP contribution < -0.4 is 4.74 Å². The van der Waals surface area contributed by atoms with Gasteiger partial charge in [-0.15, -0.1) is 0 Å². The van der Waals surface area contributed by atoms with Crippen molar-refractivity contribution in [3.8, 4) is 5.75 Å². The van der Waals surface area contributed by atoms with Crippen LogP contribution in [0.2, 0.25) is 0 Å². The zero-order valence-electron chi connectivity index (χ0n) is 14.0. The molecule has 5 heteroatoms. The van der Waals surface area contributed by atoms with E-state index in [1.807, 2.05) is 12.1 Å². The molecule has 0 aliphatic rings. The summed E-state index contributed by atoms with van der Waals surface area (Å²) in [6, 6.07) is 12.0. The molecule has 126 valence electrons. The minimum atomic E-state index is -0.612. The lowest BCUT2D eigenvalue weighted by Crippen LogP contribution is -2.13. The highest BCUT2D eigenvalue weighted by molar-refractivity contribution is 5.92. The molecule has 24 heavy (non-hydrogen) atoms. The van der Waals surface area contributed by atoms with E-state index >= 15 is 0 Å². The Labute approximate surface area is 141 Å². The fourth-order valence-electron chi connectivity index (χ4n) is 2.23. The van der Waals surface area contributed by atoms with E-state index in [9.17, 15) is 9.59 Å². The number of benzene rings is 1. The molecule has 5 nitrogen and oxygen atoms in total. The van der Waals surface area contributed by atoms with Crippen molar-refractivity contribution in [1.29, 1.82) is 0 Å². The largest absolute Gasteiger partial charge is 0.464 e. The highest BCUT2D eigenvalue weighted by Gasteiger charge is 2.14. The van der Waals surface area contributed by atoms with Crippen LogP contribution in [0.4, 0.5) is 0 Å². The maximum Gasteiger partial charge on any atom is 0.362 e. The average molecular weight is 327 g/mol. The maximum absolute atomic E-state index is 12.1. The smallest absolute Gasteiger partial charge is 0.362 e. The number of pyridine rings is 1. The fraction of sp³-hybridized carbons (Fsp3) is 0.316. The molecular weight excluding hydrogens is 306 g/mol. The lowest BCUT2D eigenvalue weighted by Gasteiger charge is -2.06.